The molecule has 6 heteroatoms. The van der Waals surface area contributed by atoms with Crippen molar-refractivity contribution in [1.29, 1.82) is 0 Å². The first-order valence-electron chi connectivity index (χ1n) is 5.51. The lowest BCUT2D eigenvalue weighted by molar-refractivity contribution is 0.511. The number of nitrogens with one attached hydrogen (secondary N) is 1. The Kier molecular flexibility index (Phi) is 2.75. The number of hydrogen-bond acceptors (Lipinski definition) is 3. The van der Waals surface area contributed by atoms with Crippen LogP contribution in [0.3, 0.4) is 0 Å². The molecule has 0 saturated heterocycles. The van der Waals surface area contributed by atoms with Gasteiger partial charge in [-0.3, -0.25) is 5.10 Å². The summed E-state index contributed by atoms with van der Waals surface area (Å²) >= 11 is 0. The third kappa shape index (κ3) is 2.08. The van der Waals surface area contributed by atoms with Gasteiger partial charge in [-0.2, -0.15) is 5.10 Å². The standard InChI is InChI=1S/C13H8F2N4/c14-10-3-1-2-9(13(10)15)12-4-11(18-19-12)8-5-16-7-17-6-8/h1-7H,(H,18,19). The van der Waals surface area contributed by atoms with Gasteiger partial charge in [-0.25, -0.2) is 18.7 Å². The van der Waals surface area contributed by atoms with E-state index in [0.717, 1.165) is 6.07 Å². The number of hydrogen-bond donors (Lipinski definition) is 1. The average Bonchev–Trinajstić information content (AvgIpc) is 2.92. The zero-order chi connectivity index (χ0) is 13.2. The van der Waals surface area contributed by atoms with E-state index in [1.807, 2.05) is 0 Å². The van der Waals surface area contributed by atoms with Crippen molar-refractivity contribution >= 4 is 0 Å². The average molecular weight is 258 g/mol. The van der Waals surface area contributed by atoms with Crippen LogP contribution in [-0.4, -0.2) is 20.2 Å². The second-order valence-electron chi connectivity index (χ2n) is 3.90. The fraction of sp³-hybridized carbons (Fsp3) is 0. The number of H-pyrrole nitrogens is 1. The topological polar surface area (TPSA) is 54.5 Å². The summed E-state index contributed by atoms with van der Waals surface area (Å²) in [7, 11) is 0. The SMILES string of the molecule is Fc1cccc(-c2cc(-c3cncnc3)n[nH]2)c1F. The largest absolute Gasteiger partial charge is 0.277 e. The van der Waals surface area contributed by atoms with Crippen LogP contribution in [0.1, 0.15) is 0 Å². The highest BCUT2D eigenvalue weighted by Crippen LogP contribution is 2.26. The highest BCUT2D eigenvalue weighted by Gasteiger charge is 2.12. The van der Waals surface area contributed by atoms with E-state index in [4.69, 9.17) is 0 Å². The summed E-state index contributed by atoms with van der Waals surface area (Å²) in [5.74, 6) is -1.79. The van der Waals surface area contributed by atoms with Gasteiger partial charge >= 0.3 is 0 Å². The number of aromatic nitrogens is 4. The number of nitrogens with zero attached hydrogens (tertiary/aromatic N) is 3. The van der Waals surface area contributed by atoms with Crippen molar-refractivity contribution in [3.63, 3.8) is 0 Å². The van der Waals surface area contributed by atoms with Crippen molar-refractivity contribution in [3.05, 3.63) is 54.6 Å². The highest BCUT2D eigenvalue weighted by atomic mass is 19.2. The summed E-state index contributed by atoms with van der Waals surface area (Å²) in [6, 6.07) is 5.62. The molecule has 0 fully saturated rings. The van der Waals surface area contributed by atoms with E-state index >= 15 is 0 Å². The Morgan fingerprint density at radius 2 is 1.84 bits per heavy atom. The van der Waals surface area contributed by atoms with E-state index in [1.165, 1.54) is 18.5 Å². The lowest BCUT2D eigenvalue weighted by atomic mass is 10.1. The monoisotopic (exact) mass is 258 g/mol. The third-order valence-electron chi connectivity index (χ3n) is 2.68. The molecule has 0 amide bonds. The van der Waals surface area contributed by atoms with Crippen LogP contribution < -0.4 is 0 Å². The molecule has 1 N–H and O–H groups in total. The molecule has 2 heterocycles. The van der Waals surface area contributed by atoms with Crippen LogP contribution in [0.25, 0.3) is 22.5 Å². The minimum Gasteiger partial charge on any atom is -0.277 e. The fourth-order valence-electron chi connectivity index (χ4n) is 1.75. The molecule has 0 aliphatic heterocycles. The number of halogens is 2. The first-order chi connectivity index (χ1) is 9.25. The van der Waals surface area contributed by atoms with Gasteiger partial charge in [-0.05, 0) is 18.2 Å². The van der Waals surface area contributed by atoms with Crippen LogP contribution in [0.2, 0.25) is 0 Å². The molecule has 0 aliphatic rings. The molecule has 0 atom stereocenters. The molecule has 94 valence electrons. The first-order valence-corrected chi connectivity index (χ1v) is 5.51. The minimum atomic E-state index is -0.901. The number of aromatic amines is 1. The maximum Gasteiger partial charge on any atom is 0.168 e. The van der Waals surface area contributed by atoms with Gasteiger partial charge in [0.25, 0.3) is 0 Å². The van der Waals surface area contributed by atoms with E-state index in [0.29, 0.717) is 17.0 Å². The summed E-state index contributed by atoms with van der Waals surface area (Å²) < 4.78 is 26.8. The molecule has 2 aromatic heterocycles. The zero-order valence-electron chi connectivity index (χ0n) is 9.64. The third-order valence-corrected chi connectivity index (χ3v) is 2.68. The molecule has 19 heavy (non-hydrogen) atoms. The molecule has 3 aromatic rings. The summed E-state index contributed by atoms with van der Waals surface area (Å²) in [5, 5.41) is 6.72. The Hall–Kier alpha value is -2.63. The molecule has 1 aromatic carbocycles. The van der Waals surface area contributed by atoms with Gasteiger partial charge in [0.05, 0.1) is 11.4 Å². The molecular weight excluding hydrogens is 250 g/mol. The lowest BCUT2D eigenvalue weighted by Crippen LogP contribution is -1.88. The quantitative estimate of drug-likeness (QED) is 0.769. The first kappa shape index (κ1) is 11.5. The van der Waals surface area contributed by atoms with Gasteiger partial charge in [0, 0.05) is 23.5 Å². The number of rotatable bonds is 2. The highest BCUT2D eigenvalue weighted by molar-refractivity contribution is 5.67. The van der Waals surface area contributed by atoms with Crippen molar-refractivity contribution < 1.29 is 8.78 Å². The van der Waals surface area contributed by atoms with Gasteiger partial charge < -0.3 is 0 Å². The second-order valence-corrected chi connectivity index (χ2v) is 3.90. The van der Waals surface area contributed by atoms with Crippen molar-refractivity contribution in [2.75, 3.05) is 0 Å². The summed E-state index contributed by atoms with van der Waals surface area (Å²) in [5.41, 5.74) is 1.80. The van der Waals surface area contributed by atoms with Crippen molar-refractivity contribution in [3.8, 4) is 22.5 Å². The molecule has 0 spiro atoms. The van der Waals surface area contributed by atoms with Gasteiger partial charge in [-0.15, -0.1) is 0 Å². The Morgan fingerprint density at radius 1 is 1.05 bits per heavy atom. The molecule has 0 bridgehead atoms. The van der Waals surface area contributed by atoms with Gasteiger partial charge in [0.15, 0.2) is 11.6 Å². The van der Waals surface area contributed by atoms with E-state index in [9.17, 15) is 8.78 Å². The van der Waals surface area contributed by atoms with Crippen molar-refractivity contribution in [1.82, 2.24) is 20.2 Å². The van der Waals surface area contributed by atoms with Crippen molar-refractivity contribution in [2.24, 2.45) is 0 Å². The van der Waals surface area contributed by atoms with Crippen LogP contribution >= 0.6 is 0 Å². The molecule has 0 unspecified atom stereocenters. The fourth-order valence-corrected chi connectivity index (χ4v) is 1.75. The maximum absolute atomic E-state index is 13.7. The van der Waals surface area contributed by atoms with Gasteiger partial charge in [0.2, 0.25) is 0 Å². The van der Waals surface area contributed by atoms with Crippen LogP contribution in [0.5, 0.6) is 0 Å². The molecule has 0 radical (unpaired) electrons. The Morgan fingerprint density at radius 3 is 2.63 bits per heavy atom. The Bertz CT molecular complexity index is 710. The molecule has 0 saturated carbocycles. The van der Waals surface area contributed by atoms with Gasteiger partial charge in [0.1, 0.15) is 6.33 Å². The van der Waals surface area contributed by atoms with Gasteiger partial charge in [-0.1, -0.05) is 6.07 Å². The molecular formula is C13H8F2N4. The zero-order valence-corrected chi connectivity index (χ0v) is 9.64. The molecule has 0 aliphatic carbocycles. The summed E-state index contributed by atoms with van der Waals surface area (Å²) in [6.45, 7) is 0. The normalized spacial score (nSPS) is 10.6. The second kappa shape index (κ2) is 4.56. The summed E-state index contributed by atoms with van der Waals surface area (Å²) in [6.07, 6.45) is 4.59. The van der Waals surface area contributed by atoms with E-state index in [1.54, 1.807) is 18.5 Å². The Balaban J connectivity index is 2.05. The van der Waals surface area contributed by atoms with Crippen molar-refractivity contribution in [2.45, 2.75) is 0 Å². The van der Waals surface area contributed by atoms with Crippen LogP contribution in [0.4, 0.5) is 8.78 Å². The van der Waals surface area contributed by atoms with E-state index in [-0.39, 0.29) is 5.56 Å². The van der Waals surface area contributed by atoms with E-state index in [2.05, 4.69) is 20.2 Å². The lowest BCUT2D eigenvalue weighted by Gasteiger charge is -1.99. The minimum absolute atomic E-state index is 0.135. The van der Waals surface area contributed by atoms with Crippen LogP contribution in [0, 0.1) is 11.6 Å². The predicted molar refractivity (Wildman–Crippen MR) is 65.0 cm³/mol. The summed E-state index contributed by atoms with van der Waals surface area (Å²) in [4.78, 5) is 7.75. The molecule has 3 rings (SSSR count). The van der Waals surface area contributed by atoms with Crippen LogP contribution in [-0.2, 0) is 0 Å². The van der Waals surface area contributed by atoms with Crippen LogP contribution in [0.15, 0.2) is 43.0 Å². The molecule has 4 nitrogen and oxygen atoms in total. The maximum atomic E-state index is 13.7. The van der Waals surface area contributed by atoms with E-state index < -0.39 is 11.6 Å². The smallest absolute Gasteiger partial charge is 0.168 e. The Labute approximate surface area is 107 Å². The predicted octanol–water partition coefficient (Wildman–Crippen LogP) is 2.81. The number of benzene rings is 1.